The van der Waals surface area contributed by atoms with E-state index in [1.54, 1.807) is 22.3 Å². The summed E-state index contributed by atoms with van der Waals surface area (Å²) < 4.78 is 15.7. The van der Waals surface area contributed by atoms with Gasteiger partial charge in [0.25, 0.3) is 5.91 Å². The van der Waals surface area contributed by atoms with Gasteiger partial charge in [-0.3, -0.25) is 4.79 Å². The molecule has 4 aromatic rings. The molecule has 1 N–H and O–H groups in total. The maximum absolute atomic E-state index is 13.8. The van der Waals surface area contributed by atoms with E-state index in [4.69, 9.17) is 0 Å². The third-order valence-corrected chi connectivity index (χ3v) is 7.36. The van der Waals surface area contributed by atoms with Crippen molar-refractivity contribution < 1.29 is 14.0 Å². The number of hydrogen-bond donors (Lipinski definition) is 1. The minimum absolute atomic E-state index is 0.0685. The fourth-order valence-electron chi connectivity index (χ4n) is 4.61. The summed E-state index contributed by atoms with van der Waals surface area (Å²) in [6.45, 7) is 4.23. The minimum atomic E-state index is -0.291. The second-order valence-corrected chi connectivity index (χ2v) is 9.76. The molecule has 35 heavy (non-hydrogen) atoms. The Kier molecular flexibility index (Phi) is 6.55. The van der Waals surface area contributed by atoms with Gasteiger partial charge < -0.3 is 19.7 Å². The fourth-order valence-corrected chi connectivity index (χ4v) is 5.50. The number of halogens is 1. The van der Waals surface area contributed by atoms with Gasteiger partial charge in [0.1, 0.15) is 16.3 Å². The van der Waals surface area contributed by atoms with Crippen molar-refractivity contribution in [2.24, 2.45) is 0 Å². The quantitative estimate of drug-likeness (QED) is 0.431. The van der Waals surface area contributed by atoms with Crippen LogP contribution >= 0.6 is 11.3 Å². The molecule has 0 radical (unpaired) electrons. The highest BCUT2D eigenvalue weighted by molar-refractivity contribution is 7.16. The van der Waals surface area contributed by atoms with Crippen LogP contribution in [0.25, 0.3) is 10.2 Å². The standard InChI is InChI=1S/C27H27FN4O2S/c1-19-17-30(11-12-31(19)27(34)29-16-20-6-3-2-4-7-20)25(33)24-15-22-10-13-35-26(22)32(24)18-21-8-5-9-23(28)14-21/h2-10,13-15,19H,11-12,16-18H2,1H3,(H,29,34). The van der Waals surface area contributed by atoms with Crippen LogP contribution in [0.3, 0.4) is 0 Å². The number of nitrogens with one attached hydrogen (secondary N) is 1. The van der Waals surface area contributed by atoms with Gasteiger partial charge in [0.15, 0.2) is 0 Å². The number of rotatable bonds is 5. The van der Waals surface area contributed by atoms with E-state index in [9.17, 15) is 14.0 Å². The summed E-state index contributed by atoms with van der Waals surface area (Å²) in [5.41, 5.74) is 2.44. The SMILES string of the molecule is CC1CN(C(=O)c2cc3ccsc3n2Cc2cccc(F)c2)CCN1C(=O)NCc1ccccc1. The average molecular weight is 491 g/mol. The lowest BCUT2D eigenvalue weighted by atomic mass is 10.1. The molecule has 6 nitrogen and oxygen atoms in total. The molecule has 3 amide bonds. The van der Waals surface area contributed by atoms with Crippen molar-refractivity contribution in [3.05, 3.63) is 94.7 Å². The fraction of sp³-hybridized carbons (Fsp3) is 0.259. The first-order chi connectivity index (χ1) is 17.0. The predicted molar refractivity (Wildman–Crippen MR) is 136 cm³/mol. The molecule has 180 valence electrons. The first-order valence-corrected chi connectivity index (χ1v) is 12.6. The summed E-state index contributed by atoms with van der Waals surface area (Å²) in [5.74, 6) is -0.360. The summed E-state index contributed by atoms with van der Waals surface area (Å²) in [5, 5.41) is 5.98. The van der Waals surface area contributed by atoms with Crippen LogP contribution in [0, 0.1) is 5.82 Å². The molecule has 0 bridgehead atoms. The highest BCUT2D eigenvalue weighted by Crippen LogP contribution is 2.28. The molecular formula is C27H27FN4O2S. The largest absolute Gasteiger partial charge is 0.334 e. The lowest BCUT2D eigenvalue weighted by Crippen LogP contribution is -2.57. The first-order valence-electron chi connectivity index (χ1n) is 11.7. The van der Waals surface area contributed by atoms with E-state index in [2.05, 4.69) is 5.32 Å². The van der Waals surface area contributed by atoms with Gasteiger partial charge in [-0.1, -0.05) is 42.5 Å². The molecule has 1 unspecified atom stereocenters. The maximum Gasteiger partial charge on any atom is 0.318 e. The number of carbonyl (C=O) groups excluding carboxylic acids is 2. The van der Waals surface area contributed by atoms with Crippen LogP contribution in [-0.2, 0) is 13.1 Å². The van der Waals surface area contributed by atoms with Gasteiger partial charge in [0.2, 0.25) is 0 Å². The van der Waals surface area contributed by atoms with Crippen LogP contribution < -0.4 is 5.32 Å². The van der Waals surface area contributed by atoms with Crippen LogP contribution in [0.2, 0.25) is 0 Å². The Hall–Kier alpha value is -3.65. The van der Waals surface area contributed by atoms with Crippen molar-refractivity contribution in [3.63, 3.8) is 0 Å². The number of aromatic nitrogens is 1. The first kappa shape index (κ1) is 23.1. The molecule has 1 saturated heterocycles. The Bertz CT molecular complexity index is 1350. The zero-order valence-corrected chi connectivity index (χ0v) is 20.3. The summed E-state index contributed by atoms with van der Waals surface area (Å²) in [6.07, 6.45) is 0. The van der Waals surface area contributed by atoms with Crippen molar-refractivity contribution in [1.29, 1.82) is 0 Å². The molecule has 0 saturated carbocycles. The van der Waals surface area contributed by atoms with Crippen LogP contribution in [-0.4, -0.2) is 52.0 Å². The number of benzene rings is 2. The molecule has 1 atom stereocenters. The summed E-state index contributed by atoms with van der Waals surface area (Å²) >= 11 is 1.57. The molecule has 3 heterocycles. The third-order valence-electron chi connectivity index (χ3n) is 6.41. The lowest BCUT2D eigenvalue weighted by molar-refractivity contribution is 0.0570. The van der Waals surface area contributed by atoms with E-state index in [0.29, 0.717) is 38.4 Å². The number of amides is 3. The topological polar surface area (TPSA) is 57.6 Å². The van der Waals surface area contributed by atoms with Crippen molar-refractivity contribution in [2.75, 3.05) is 19.6 Å². The number of carbonyl (C=O) groups is 2. The molecule has 8 heteroatoms. The van der Waals surface area contributed by atoms with Crippen LogP contribution in [0.5, 0.6) is 0 Å². The highest BCUT2D eigenvalue weighted by Gasteiger charge is 2.31. The number of fused-ring (bicyclic) bond motifs is 1. The average Bonchev–Trinajstić information content (AvgIpc) is 3.45. The Morgan fingerprint density at radius 3 is 2.60 bits per heavy atom. The van der Waals surface area contributed by atoms with Gasteiger partial charge in [-0.25, -0.2) is 9.18 Å². The second kappa shape index (κ2) is 9.92. The Labute approximate surface area is 207 Å². The number of thiophene rings is 1. The molecule has 2 aromatic carbocycles. The smallest absolute Gasteiger partial charge is 0.318 e. The van der Waals surface area contributed by atoms with Gasteiger partial charge in [-0.2, -0.15) is 0 Å². The van der Waals surface area contributed by atoms with Crippen LogP contribution in [0.15, 0.2) is 72.1 Å². The van der Waals surface area contributed by atoms with Gasteiger partial charge in [0, 0.05) is 44.2 Å². The molecule has 5 rings (SSSR count). The Balaban J connectivity index is 1.28. The molecule has 1 aliphatic heterocycles. The normalized spacial score (nSPS) is 16.0. The zero-order valence-electron chi connectivity index (χ0n) is 19.5. The van der Waals surface area contributed by atoms with Crippen molar-refractivity contribution in [2.45, 2.75) is 26.1 Å². The maximum atomic E-state index is 13.8. The molecule has 0 aliphatic carbocycles. The van der Waals surface area contributed by atoms with Crippen LogP contribution in [0.4, 0.5) is 9.18 Å². The number of urea groups is 1. The van der Waals surface area contributed by atoms with E-state index < -0.39 is 0 Å². The molecule has 0 spiro atoms. The molecule has 1 fully saturated rings. The van der Waals surface area contributed by atoms with E-state index in [-0.39, 0.29) is 23.8 Å². The molecular weight excluding hydrogens is 463 g/mol. The van der Waals surface area contributed by atoms with Crippen molar-refractivity contribution in [1.82, 2.24) is 19.7 Å². The van der Waals surface area contributed by atoms with Gasteiger partial charge >= 0.3 is 6.03 Å². The van der Waals surface area contributed by atoms with Crippen LogP contribution in [0.1, 0.15) is 28.5 Å². The monoisotopic (exact) mass is 490 g/mol. The Morgan fingerprint density at radius 1 is 1.03 bits per heavy atom. The number of hydrogen-bond acceptors (Lipinski definition) is 3. The van der Waals surface area contributed by atoms with Crippen molar-refractivity contribution >= 4 is 33.5 Å². The van der Waals surface area contributed by atoms with Crippen molar-refractivity contribution in [3.8, 4) is 0 Å². The van der Waals surface area contributed by atoms with E-state index in [1.165, 1.54) is 12.1 Å². The summed E-state index contributed by atoms with van der Waals surface area (Å²) in [4.78, 5) is 31.0. The van der Waals surface area contributed by atoms with E-state index >= 15 is 0 Å². The molecule has 1 aliphatic rings. The molecule has 2 aromatic heterocycles. The zero-order chi connectivity index (χ0) is 24.4. The Morgan fingerprint density at radius 2 is 1.83 bits per heavy atom. The highest BCUT2D eigenvalue weighted by atomic mass is 32.1. The second-order valence-electron chi connectivity index (χ2n) is 8.86. The number of piperazine rings is 1. The van der Waals surface area contributed by atoms with E-state index in [1.807, 2.05) is 70.3 Å². The predicted octanol–water partition coefficient (Wildman–Crippen LogP) is 4.95. The van der Waals surface area contributed by atoms with Gasteiger partial charge in [0.05, 0.1) is 0 Å². The van der Waals surface area contributed by atoms with Gasteiger partial charge in [-0.15, -0.1) is 11.3 Å². The minimum Gasteiger partial charge on any atom is -0.334 e. The summed E-state index contributed by atoms with van der Waals surface area (Å²) in [6, 6.07) is 19.9. The lowest BCUT2D eigenvalue weighted by Gasteiger charge is -2.39. The number of nitrogens with zero attached hydrogens (tertiary/aromatic N) is 3. The third kappa shape index (κ3) is 4.93. The van der Waals surface area contributed by atoms with E-state index in [0.717, 1.165) is 21.3 Å². The van der Waals surface area contributed by atoms with Gasteiger partial charge in [-0.05, 0) is 47.7 Å². The summed E-state index contributed by atoms with van der Waals surface area (Å²) in [7, 11) is 0.